The lowest BCUT2D eigenvalue weighted by atomic mass is 9.68. The summed E-state index contributed by atoms with van der Waals surface area (Å²) in [5.41, 5.74) is 4.51. The van der Waals surface area contributed by atoms with Crippen LogP contribution in [0, 0.1) is 12.3 Å². The van der Waals surface area contributed by atoms with E-state index in [1.165, 1.54) is 0 Å². The lowest BCUT2D eigenvalue weighted by molar-refractivity contribution is -0.118. The van der Waals surface area contributed by atoms with Gasteiger partial charge in [-0.05, 0) is 55.0 Å². The SMILES string of the molecule is CC1=C(C(=O)Nc2ccc(C)cn2)[C@@H](c2cccc(Cl)c2)C2=C(CC(C)(C)CC2=O)N1. The Labute approximate surface area is 187 Å². The Morgan fingerprint density at radius 1 is 1.19 bits per heavy atom. The van der Waals surface area contributed by atoms with E-state index in [9.17, 15) is 9.59 Å². The second-order valence-electron chi connectivity index (χ2n) is 9.16. The zero-order chi connectivity index (χ0) is 22.3. The van der Waals surface area contributed by atoms with Crippen molar-refractivity contribution in [3.63, 3.8) is 0 Å². The van der Waals surface area contributed by atoms with Crippen molar-refractivity contribution in [2.45, 2.75) is 46.5 Å². The maximum Gasteiger partial charge on any atom is 0.255 e. The van der Waals surface area contributed by atoms with Crippen LogP contribution in [0.1, 0.15) is 50.7 Å². The molecule has 31 heavy (non-hydrogen) atoms. The maximum absolute atomic E-state index is 13.4. The third-order valence-electron chi connectivity index (χ3n) is 5.82. The van der Waals surface area contributed by atoms with Gasteiger partial charge in [0.25, 0.3) is 5.91 Å². The van der Waals surface area contributed by atoms with Crippen molar-refractivity contribution < 1.29 is 9.59 Å². The van der Waals surface area contributed by atoms with Gasteiger partial charge in [-0.15, -0.1) is 0 Å². The van der Waals surface area contributed by atoms with Gasteiger partial charge in [0.05, 0.1) is 0 Å². The Balaban J connectivity index is 1.80. The van der Waals surface area contributed by atoms with E-state index in [0.29, 0.717) is 28.4 Å². The summed E-state index contributed by atoms with van der Waals surface area (Å²) in [5, 5.41) is 6.83. The van der Waals surface area contributed by atoms with Crippen molar-refractivity contribution in [2.75, 3.05) is 5.32 Å². The van der Waals surface area contributed by atoms with Crippen molar-refractivity contribution in [1.29, 1.82) is 0 Å². The highest BCUT2D eigenvalue weighted by Gasteiger charge is 2.42. The van der Waals surface area contributed by atoms with Crippen molar-refractivity contribution in [3.05, 3.63) is 81.3 Å². The third-order valence-corrected chi connectivity index (χ3v) is 6.05. The van der Waals surface area contributed by atoms with Crippen molar-refractivity contribution in [1.82, 2.24) is 10.3 Å². The van der Waals surface area contributed by atoms with Crippen LogP contribution < -0.4 is 10.6 Å². The number of nitrogens with zero attached hydrogens (tertiary/aromatic N) is 1. The van der Waals surface area contributed by atoms with Crippen LogP contribution in [0.2, 0.25) is 5.02 Å². The van der Waals surface area contributed by atoms with Gasteiger partial charge in [-0.1, -0.05) is 43.6 Å². The van der Waals surface area contributed by atoms with Crippen LogP contribution >= 0.6 is 11.6 Å². The number of carbonyl (C=O) groups is 2. The van der Waals surface area contributed by atoms with Crippen LogP contribution in [0.5, 0.6) is 0 Å². The fraction of sp³-hybridized carbons (Fsp3) is 0.320. The standard InChI is InChI=1S/C25H26ClN3O2/c1-14-8-9-20(27-13-14)29-24(31)21-15(2)28-18-11-25(3,4)12-19(30)23(18)22(21)16-6-5-7-17(26)10-16/h5-10,13,22,28H,11-12H2,1-4H3,(H,27,29,31)/t22-/m1/s1. The Hall–Kier alpha value is -2.92. The van der Waals surface area contributed by atoms with Crippen LogP contribution in [0.3, 0.4) is 0 Å². The molecule has 1 aliphatic heterocycles. The summed E-state index contributed by atoms with van der Waals surface area (Å²) in [6.45, 7) is 8.00. The molecule has 0 unspecified atom stereocenters. The number of Topliss-reactive ketones (excluding diaryl/α,β-unsaturated/α-hetero) is 1. The average molecular weight is 436 g/mol. The Morgan fingerprint density at radius 3 is 2.65 bits per heavy atom. The molecule has 2 aliphatic rings. The molecule has 1 amide bonds. The van der Waals surface area contributed by atoms with Gasteiger partial charge in [0.2, 0.25) is 0 Å². The first-order valence-electron chi connectivity index (χ1n) is 10.4. The number of anilines is 1. The molecule has 5 nitrogen and oxygen atoms in total. The second-order valence-corrected chi connectivity index (χ2v) is 9.60. The molecule has 2 aromatic rings. The Kier molecular flexibility index (Phi) is 5.48. The topological polar surface area (TPSA) is 71.1 Å². The number of amides is 1. The van der Waals surface area contributed by atoms with Gasteiger partial charge in [0, 0.05) is 46.1 Å². The molecular formula is C25H26ClN3O2. The van der Waals surface area contributed by atoms with Crippen molar-refractivity contribution in [2.24, 2.45) is 5.41 Å². The minimum absolute atomic E-state index is 0.0648. The van der Waals surface area contributed by atoms with Crippen LogP contribution in [0.15, 0.2) is 65.1 Å². The second kappa shape index (κ2) is 7.97. The molecule has 1 aromatic carbocycles. The number of dihydropyridines is 1. The summed E-state index contributed by atoms with van der Waals surface area (Å²) in [6.07, 6.45) is 2.90. The van der Waals surface area contributed by atoms with Gasteiger partial charge in [-0.25, -0.2) is 4.98 Å². The van der Waals surface area contributed by atoms with Crippen LogP contribution in [-0.4, -0.2) is 16.7 Å². The van der Waals surface area contributed by atoms with Gasteiger partial charge in [-0.2, -0.15) is 0 Å². The van der Waals surface area contributed by atoms with Crippen LogP contribution in [-0.2, 0) is 9.59 Å². The van der Waals surface area contributed by atoms with E-state index in [0.717, 1.165) is 28.9 Å². The van der Waals surface area contributed by atoms with E-state index >= 15 is 0 Å². The maximum atomic E-state index is 13.4. The lowest BCUT2D eigenvalue weighted by Gasteiger charge is -2.39. The largest absolute Gasteiger partial charge is 0.362 e. The average Bonchev–Trinajstić information content (AvgIpc) is 2.67. The quantitative estimate of drug-likeness (QED) is 0.687. The van der Waals surface area contributed by atoms with Gasteiger partial charge in [-0.3, -0.25) is 9.59 Å². The highest BCUT2D eigenvalue weighted by molar-refractivity contribution is 6.30. The number of benzene rings is 1. The number of pyridine rings is 1. The summed E-state index contributed by atoms with van der Waals surface area (Å²) >= 11 is 6.29. The molecule has 1 aliphatic carbocycles. The molecular weight excluding hydrogens is 410 g/mol. The summed E-state index contributed by atoms with van der Waals surface area (Å²) in [7, 11) is 0. The van der Waals surface area contributed by atoms with E-state index in [1.54, 1.807) is 18.3 Å². The normalized spacial score (nSPS) is 20.3. The first kappa shape index (κ1) is 21.3. The van der Waals surface area contributed by atoms with E-state index in [4.69, 9.17) is 11.6 Å². The van der Waals surface area contributed by atoms with Crippen molar-refractivity contribution in [3.8, 4) is 0 Å². The zero-order valence-corrected chi connectivity index (χ0v) is 18.9. The number of allylic oxidation sites excluding steroid dienone is 3. The van der Waals surface area contributed by atoms with Gasteiger partial charge >= 0.3 is 0 Å². The summed E-state index contributed by atoms with van der Waals surface area (Å²) in [5.74, 6) is -0.230. The highest BCUT2D eigenvalue weighted by atomic mass is 35.5. The number of hydrogen-bond donors (Lipinski definition) is 2. The number of aryl methyl sites for hydroxylation is 1. The summed E-state index contributed by atoms with van der Waals surface area (Å²) in [6, 6.07) is 11.1. The van der Waals surface area contributed by atoms with Gasteiger partial charge in [0.15, 0.2) is 5.78 Å². The molecule has 160 valence electrons. The lowest BCUT2D eigenvalue weighted by Crippen LogP contribution is -2.39. The smallest absolute Gasteiger partial charge is 0.255 e. The molecule has 1 aromatic heterocycles. The molecule has 0 saturated carbocycles. The first-order valence-corrected chi connectivity index (χ1v) is 10.8. The van der Waals surface area contributed by atoms with Gasteiger partial charge in [0.1, 0.15) is 5.82 Å². The minimum atomic E-state index is -0.482. The number of aromatic nitrogens is 1. The summed E-state index contributed by atoms with van der Waals surface area (Å²) in [4.78, 5) is 31.0. The van der Waals surface area contributed by atoms with Crippen LogP contribution in [0.25, 0.3) is 0 Å². The Morgan fingerprint density at radius 2 is 1.97 bits per heavy atom. The predicted octanol–water partition coefficient (Wildman–Crippen LogP) is 5.29. The molecule has 2 N–H and O–H groups in total. The Bertz CT molecular complexity index is 1130. The minimum Gasteiger partial charge on any atom is -0.362 e. The molecule has 4 rings (SSSR count). The number of hydrogen-bond acceptors (Lipinski definition) is 4. The number of halogens is 1. The number of rotatable bonds is 3. The van der Waals surface area contributed by atoms with Crippen LogP contribution in [0.4, 0.5) is 5.82 Å². The summed E-state index contributed by atoms with van der Waals surface area (Å²) < 4.78 is 0. The van der Waals surface area contributed by atoms with E-state index in [-0.39, 0.29) is 17.1 Å². The fourth-order valence-corrected chi connectivity index (χ4v) is 4.68. The zero-order valence-electron chi connectivity index (χ0n) is 18.2. The fourth-order valence-electron chi connectivity index (χ4n) is 4.48. The van der Waals surface area contributed by atoms with Crippen molar-refractivity contribution >= 4 is 29.1 Å². The number of ketones is 1. The van der Waals surface area contributed by atoms with E-state index in [2.05, 4.69) is 29.5 Å². The first-order chi connectivity index (χ1) is 14.6. The molecule has 0 saturated heterocycles. The van der Waals surface area contributed by atoms with Gasteiger partial charge < -0.3 is 10.6 Å². The molecule has 0 radical (unpaired) electrons. The predicted molar refractivity (Wildman–Crippen MR) is 123 cm³/mol. The molecule has 6 heteroatoms. The molecule has 0 spiro atoms. The molecule has 0 fully saturated rings. The van der Waals surface area contributed by atoms with E-state index in [1.807, 2.05) is 38.1 Å². The van der Waals surface area contributed by atoms with E-state index < -0.39 is 5.92 Å². The highest BCUT2D eigenvalue weighted by Crippen LogP contribution is 2.46. The molecule has 0 bridgehead atoms. The number of carbonyl (C=O) groups excluding carboxylic acids is 2. The molecule has 1 atom stereocenters. The third kappa shape index (κ3) is 4.28. The molecule has 2 heterocycles. The monoisotopic (exact) mass is 435 g/mol. The number of nitrogens with one attached hydrogen (secondary N) is 2.